The molecule has 1 atom stereocenters. The fourth-order valence-corrected chi connectivity index (χ4v) is 2.65. The predicted molar refractivity (Wildman–Crippen MR) is 85.2 cm³/mol. The molecule has 3 rings (SSSR count). The van der Waals surface area contributed by atoms with Crippen molar-refractivity contribution in [1.82, 2.24) is 15.2 Å². The van der Waals surface area contributed by atoms with Gasteiger partial charge in [-0.15, -0.1) is 12.4 Å². The number of amides is 1. The zero-order chi connectivity index (χ0) is 14.1. The van der Waals surface area contributed by atoms with Crippen molar-refractivity contribution < 1.29 is 4.79 Å². The van der Waals surface area contributed by atoms with Gasteiger partial charge in [-0.2, -0.15) is 0 Å². The second kappa shape index (κ2) is 6.28. The molecule has 6 heteroatoms. The molecule has 1 amide bonds. The summed E-state index contributed by atoms with van der Waals surface area (Å²) in [5.74, 6) is -0.137. The predicted octanol–water partition coefficient (Wildman–Crippen LogP) is 1.38. The number of halogens is 1. The lowest BCUT2D eigenvalue weighted by Gasteiger charge is -2.23. The van der Waals surface area contributed by atoms with Crippen LogP contribution in [0.15, 0.2) is 35.1 Å². The van der Waals surface area contributed by atoms with Gasteiger partial charge in [-0.3, -0.25) is 9.59 Å². The van der Waals surface area contributed by atoms with Crippen molar-refractivity contribution >= 4 is 29.1 Å². The Bertz CT molecular complexity index is 707. The van der Waals surface area contributed by atoms with Crippen LogP contribution in [-0.2, 0) is 0 Å². The third kappa shape index (κ3) is 2.94. The number of nitrogens with zero attached hydrogens (tertiary/aromatic N) is 1. The fourth-order valence-electron chi connectivity index (χ4n) is 2.65. The van der Waals surface area contributed by atoms with Gasteiger partial charge in [0.05, 0.1) is 0 Å². The Morgan fingerprint density at radius 2 is 2.10 bits per heavy atom. The number of benzene rings is 1. The standard InChI is InChI=1S/C15H17N3O2.ClH/c1-18(11-6-7-16-9-11)15(20)13-8-10-4-2-3-5-12(10)14(19)17-13;/h2-5,8,11,16H,6-7,9H2,1H3,(H,17,19);1H. The van der Waals surface area contributed by atoms with Gasteiger partial charge < -0.3 is 15.2 Å². The number of hydrogen-bond acceptors (Lipinski definition) is 3. The van der Waals surface area contributed by atoms with E-state index in [0.717, 1.165) is 24.9 Å². The Hall–Kier alpha value is -1.85. The van der Waals surface area contributed by atoms with Crippen molar-refractivity contribution in [2.45, 2.75) is 12.5 Å². The van der Waals surface area contributed by atoms with E-state index in [1.807, 2.05) is 18.2 Å². The molecule has 0 saturated carbocycles. The van der Waals surface area contributed by atoms with E-state index in [-0.39, 0.29) is 29.9 Å². The normalized spacial score (nSPS) is 17.5. The minimum Gasteiger partial charge on any atom is -0.336 e. The van der Waals surface area contributed by atoms with Crippen LogP contribution in [0.3, 0.4) is 0 Å². The molecule has 1 unspecified atom stereocenters. The Balaban J connectivity index is 0.00000161. The van der Waals surface area contributed by atoms with Gasteiger partial charge in [-0.25, -0.2) is 0 Å². The molecule has 0 aliphatic carbocycles. The Labute approximate surface area is 128 Å². The molecule has 0 bridgehead atoms. The number of aromatic amines is 1. The molecule has 1 saturated heterocycles. The molecule has 2 heterocycles. The van der Waals surface area contributed by atoms with Crippen molar-refractivity contribution in [2.24, 2.45) is 0 Å². The first kappa shape index (κ1) is 15.5. The summed E-state index contributed by atoms with van der Waals surface area (Å²) in [5.41, 5.74) is 0.132. The average Bonchev–Trinajstić information content (AvgIpc) is 3.00. The number of H-pyrrole nitrogens is 1. The lowest BCUT2D eigenvalue weighted by atomic mass is 10.1. The average molecular weight is 308 g/mol. The number of carbonyl (C=O) groups is 1. The minimum atomic E-state index is -0.218. The van der Waals surface area contributed by atoms with E-state index in [2.05, 4.69) is 10.3 Å². The van der Waals surface area contributed by atoms with E-state index in [1.165, 1.54) is 0 Å². The van der Waals surface area contributed by atoms with Crippen LogP contribution in [0, 0.1) is 0 Å². The number of aromatic nitrogens is 1. The largest absolute Gasteiger partial charge is 0.336 e. The smallest absolute Gasteiger partial charge is 0.270 e. The Morgan fingerprint density at radius 3 is 2.81 bits per heavy atom. The number of carbonyl (C=O) groups excluding carboxylic acids is 1. The van der Waals surface area contributed by atoms with Crippen LogP contribution < -0.4 is 10.9 Å². The minimum absolute atomic E-state index is 0. The SMILES string of the molecule is CN(C(=O)c1cc2ccccc2c(=O)[nH]1)C1CCNC1.Cl. The van der Waals surface area contributed by atoms with E-state index >= 15 is 0 Å². The second-order valence-corrected chi connectivity index (χ2v) is 5.16. The van der Waals surface area contributed by atoms with Gasteiger partial charge in [0.25, 0.3) is 11.5 Å². The first-order chi connectivity index (χ1) is 9.66. The zero-order valence-electron chi connectivity index (χ0n) is 11.8. The van der Waals surface area contributed by atoms with E-state index in [9.17, 15) is 9.59 Å². The monoisotopic (exact) mass is 307 g/mol. The van der Waals surface area contributed by atoms with Gasteiger partial charge in [0.2, 0.25) is 0 Å². The van der Waals surface area contributed by atoms with Crippen LogP contribution in [0.25, 0.3) is 10.8 Å². The van der Waals surface area contributed by atoms with Crippen LogP contribution in [0.1, 0.15) is 16.9 Å². The number of pyridine rings is 1. The van der Waals surface area contributed by atoms with Gasteiger partial charge >= 0.3 is 0 Å². The van der Waals surface area contributed by atoms with E-state index in [4.69, 9.17) is 0 Å². The molecule has 1 aliphatic rings. The molecule has 2 aromatic rings. The molecule has 5 nitrogen and oxygen atoms in total. The molecule has 1 aromatic heterocycles. The fraction of sp³-hybridized carbons (Fsp3) is 0.333. The van der Waals surface area contributed by atoms with Gasteiger partial charge in [-0.05, 0) is 30.5 Å². The van der Waals surface area contributed by atoms with Gasteiger partial charge in [0.1, 0.15) is 5.69 Å². The summed E-state index contributed by atoms with van der Waals surface area (Å²) in [4.78, 5) is 28.9. The van der Waals surface area contributed by atoms with Gasteiger partial charge in [0.15, 0.2) is 0 Å². The summed E-state index contributed by atoms with van der Waals surface area (Å²) in [6.45, 7) is 1.73. The molecule has 2 N–H and O–H groups in total. The summed E-state index contributed by atoms with van der Waals surface area (Å²) >= 11 is 0. The lowest BCUT2D eigenvalue weighted by Crippen LogP contribution is -2.39. The highest BCUT2D eigenvalue weighted by Gasteiger charge is 2.24. The summed E-state index contributed by atoms with van der Waals surface area (Å²) in [5, 5.41) is 4.63. The number of rotatable bonds is 2. The molecule has 1 aromatic carbocycles. The number of likely N-dealkylation sites (N-methyl/N-ethyl adjacent to an activating group) is 1. The van der Waals surface area contributed by atoms with Gasteiger partial charge in [-0.1, -0.05) is 18.2 Å². The Morgan fingerprint density at radius 1 is 1.33 bits per heavy atom. The molecule has 112 valence electrons. The molecule has 21 heavy (non-hydrogen) atoms. The maximum absolute atomic E-state index is 12.5. The molecular formula is C15H18ClN3O2. The second-order valence-electron chi connectivity index (χ2n) is 5.16. The summed E-state index contributed by atoms with van der Waals surface area (Å²) in [6.07, 6.45) is 0.944. The van der Waals surface area contributed by atoms with Crippen LogP contribution >= 0.6 is 12.4 Å². The number of hydrogen-bond donors (Lipinski definition) is 2. The zero-order valence-corrected chi connectivity index (χ0v) is 12.6. The van der Waals surface area contributed by atoms with E-state index < -0.39 is 0 Å². The number of fused-ring (bicyclic) bond motifs is 1. The van der Waals surface area contributed by atoms with Crippen molar-refractivity contribution in [3.63, 3.8) is 0 Å². The maximum atomic E-state index is 12.5. The molecule has 0 radical (unpaired) electrons. The van der Waals surface area contributed by atoms with Crippen molar-refractivity contribution in [2.75, 3.05) is 20.1 Å². The van der Waals surface area contributed by atoms with Crippen LogP contribution in [0.5, 0.6) is 0 Å². The summed E-state index contributed by atoms with van der Waals surface area (Å²) < 4.78 is 0. The highest BCUT2D eigenvalue weighted by atomic mass is 35.5. The molecule has 1 fully saturated rings. The van der Waals surface area contributed by atoms with Crippen molar-refractivity contribution in [1.29, 1.82) is 0 Å². The highest BCUT2D eigenvalue weighted by Crippen LogP contribution is 2.13. The molecule has 0 spiro atoms. The van der Waals surface area contributed by atoms with Crippen LogP contribution in [0.2, 0.25) is 0 Å². The van der Waals surface area contributed by atoms with E-state index in [0.29, 0.717) is 11.1 Å². The van der Waals surface area contributed by atoms with Crippen LogP contribution in [0.4, 0.5) is 0 Å². The first-order valence-corrected chi connectivity index (χ1v) is 6.77. The lowest BCUT2D eigenvalue weighted by molar-refractivity contribution is 0.0738. The van der Waals surface area contributed by atoms with Gasteiger partial charge in [0, 0.05) is 25.0 Å². The summed E-state index contributed by atoms with van der Waals surface area (Å²) in [6, 6.07) is 9.22. The Kier molecular flexibility index (Phi) is 4.65. The van der Waals surface area contributed by atoms with Crippen LogP contribution in [-0.4, -0.2) is 42.0 Å². The highest BCUT2D eigenvalue weighted by molar-refractivity contribution is 5.96. The molecular weight excluding hydrogens is 290 g/mol. The third-order valence-electron chi connectivity index (χ3n) is 3.89. The van der Waals surface area contributed by atoms with E-state index in [1.54, 1.807) is 24.1 Å². The first-order valence-electron chi connectivity index (χ1n) is 6.77. The maximum Gasteiger partial charge on any atom is 0.270 e. The quantitative estimate of drug-likeness (QED) is 0.881. The topological polar surface area (TPSA) is 65.2 Å². The summed E-state index contributed by atoms with van der Waals surface area (Å²) in [7, 11) is 1.79. The van der Waals surface area contributed by atoms with Crippen molar-refractivity contribution in [3.8, 4) is 0 Å². The number of nitrogens with one attached hydrogen (secondary N) is 2. The molecule has 1 aliphatic heterocycles. The van der Waals surface area contributed by atoms with Crippen molar-refractivity contribution in [3.05, 3.63) is 46.4 Å². The third-order valence-corrected chi connectivity index (χ3v) is 3.89.